The smallest absolute Gasteiger partial charge is 0.0708 e. The van der Waals surface area contributed by atoms with Gasteiger partial charge in [0, 0.05) is 9.81 Å². The summed E-state index contributed by atoms with van der Waals surface area (Å²) in [5.41, 5.74) is 0. The monoisotopic (exact) mass is 680 g/mol. The van der Waals surface area contributed by atoms with Crippen LogP contribution in [0.3, 0.4) is 0 Å². The van der Waals surface area contributed by atoms with Gasteiger partial charge in [0.15, 0.2) is 0 Å². The van der Waals surface area contributed by atoms with Crippen LogP contribution in [0.5, 0.6) is 0 Å². The molecule has 0 atom stereocenters. The summed E-state index contributed by atoms with van der Waals surface area (Å²) < 4.78 is 6.15. The number of hydrogen-bond donors (Lipinski definition) is 0. The van der Waals surface area contributed by atoms with Gasteiger partial charge in [-0.25, -0.2) is 0 Å². The van der Waals surface area contributed by atoms with Gasteiger partial charge in [0.1, 0.15) is 0 Å². The van der Waals surface area contributed by atoms with Gasteiger partial charge in [-0.3, -0.25) is 0 Å². The fourth-order valence-electron chi connectivity index (χ4n) is 3.22. The lowest BCUT2D eigenvalue weighted by atomic mass is 10.1. The number of allylic oxidation sites excluding steroid dienone is 2. The van der Waals surface area contributed by atoms with Crippen LogP contribution < -0.4 is 0 Å². The van der Waals surface area contributed by atoms with Crippen LogP contribution in [0.25, 0.3) is 0 Å². The van der Waals surface area contributed by atoms with E-state index in [-0.39, 0.29) is 0 Å². The van der Waals surface area contributed by atoms with E-state index in [2.05, 4.69) is 82.6 Å². The summed E-state index contributed by atoms with van der Waals surface area (Å²) in [6.07, 6.45) is 19.2. The Balaban J connectivity index is 1.71. The van der Waals surface area contributed by atoms with Crippen LogP contribution >= 0.6 is 92.2 Å². The van der Waals surface area contributed by atoms with Gasteiger partial charge in [0.05, 0.1) is 14.3 Å². The van der Waals surface area contributed by atoms with Gasteiger partial charge in [-0.2, -0.15) is 0 Å². The minimum atomic E-state index is 1.28. The molecule has 0 aromatic carbocycles. The maximum Gasteiger partial charge on any atom is 0.0708 e. The molecule has 0 unspecified atom stereocenters. The second-order valence-corrected chi connectivity index (χ2v) is 15.8. The molecule has 0 N–H and O–H groups in total. The molecule has 0 spiro atoms. The molecule has 160 valence electrons. The summed E-state index contributed by atoms with van der Waals surface area (Å²) in [5.74, 6) is 0. The molecule has 0 bridgehead atoms. The highest BCUT2D eigenvalue weighted by molar-refractivity contribution is 14.1. The number of rotatable bonds is 14. The van der Waals surface area contributed by atoms with Crippen molar-refractivity contribution in [1.29, 1.82) is 0 Å². The molecule has 0 saturated carbocycles. The lowest BCUT2D eigenvalue weighted by Crippen LogP contribution is -1.81. The number of halogens is 2. The molecule has 0 aliphatic carbocycles. The molecule has 0 fully saturated rings. The zero-order valence-electron chi connectivity index (χ0n) is 17.3. The zero-order chi connectivity index (χ0) is 20.2. The van der Waals surface area contributed by atoms with E-state index in [1.54, 1.807) is 18.3 Å². The topological polar surface area (TPSA) is 0 Å². The number of unbranched alkanes of at least 4 members (excludes halogenated alkanes) is 10. The SMILES string of the molecule is CCCCCCCCC1=C(I)SC(=C2SC(I)=C(CCCCCCCC)S2)S1. The molecule has 0 aromatic rings. The molecule has 2 aliphatic rings. The van der Waals surface area contributed by atoms with Crippen molar-refractivity contribution in [3.8, 4) is 0 Å². The Morgan fingerprint density at radius 2 is 0.857 bits per heavy atom. The van der Waals surface area contributed by atoms with Gasteiger partial charge < -0.3 is 0 Å². The maximum absolute atomic E-state index is 2.57. The first kappa shape index (κ1) is 26.3. The van der Waals surface area contributed by atoms with Gasteiger partial charge in [0.2, 0.25) is 0 Å². The minimum Gasteiger partial charge on any atom is -0.0837 e. The zero-order valence-corrected chi connectivity index (χ0v) is 24.9. The second-order valence-electron chi connectivity index (χ2n) is 7.41. The first-order chi connectivity index (χ1) is 13.7. The Labute approximate surface area is 217 Å². The average Bonchev–Trinajstić information content (AvgIpc) is 3.24. The van der Waals surface area contributed by atoms with E-state index in [9.17, 15) is 0 Å². The molecular formula is C22H34I2S4. The molecule has 6 heteroatoms. The molecule has 0 amide bonds. The summed E-state index contributed by atoms with van der Waals surface area (Å²) in [6, 6.07) is 0. The molecule has 0 aromatic heterocycles. The second kappa shape index (κ2) is 15.8. The predicted octanol–water partition coefficient (Wildman–Crippen LogP) is 11.8. The maximum atomic E-state index is 2.57. The number of hydrogen-bond acceptors (Lipinski definition) is 4. The van der Waals surface area contributed by atoms with Crippen molar-refractivity contribution in [2.75, 3.05) is 0 Å². The van der Waals surface area contributed by atoms with E-state index in [1.807, 2.05) is 23.5 Å². The summed E-state index contributed by atoms with van der Waals surface area (Å²) in [4.78, 5) is 3.26. The fourth-order valence-corrected chi connectivity index (χ4v) is 11.8. The van der Waals surface area contributed by atoms with Crippen molar-refractivity contribution >= 4 is 92.2 Å². The Hall–Kier alpha value is 2.08. The normalized spacial score (nSPS) is 20.1. The first-order valence-corrected chi connectivity index (χ1v) is 16.3. The third-order valence-electron chi connectivity index (χ3n) is 4.92. The van der Waals surface area contributed by atoms with Gasteiger partial charge in [-0.1, -0.05) is 125 Å². The highest BCUT2D eigenvalue weighted by atomic mass is 127. The van der Waals surface area contributed by atoms with Crippen molar-refractivity contribution in [2.24, 2.45) is 0 Å². The molecular weight excluding hydrogens is 646 g/mol. The van der Waals surface area contributed by atoms with Gasteiger partial charge in [-0.05, 0) is 70.9 Å². The predicted molar refractivity (Wildman–Crippen MR) is 155 cm³/mol. The van der Waals surface area contributed by atoms with Crippen molar-refractivity contribution in [1.82, 2.24) is 0 Å². The average molecular weight is 681 g/mol. The number of thioether (sulfide) groups is 4. The fraction of sp³-hybridized carbons (Fsp3) is 0.727. The van der Waals surface area contributed by atoms with Crippen LogP contribution in [0.1, 0.15) is 104 Å². The van der Waals surface area contributed by atoms with Crippen molar-refractivity contribution < 1.29 is 0 Å². The molecule has 0 radical (unpaired) electrons. The lowest BCUT2D eigenvalue weighted by Gasteiger charge is -2.04. The molecule has 0 nitrogen and oxygen atoms in total. The first-order valence-electron chi connectivity index (χ1n) is 10.9. The quantitative estimate of drug-likeness (QED) is 0.132. The molecule has 2 heterocycles. The van der Waals surface area contributed by atoms with E-state index < -0.39 is 0 Å². The summed E-state index contributed by atoms with van der Waals surface area (Å²) in [7, 11) is 0. The highest BCUT2D eigenvalue weighted by Gasteiger charge is 2.27. The van der Waals surface area contributed by atoms with Crippen LogP contribution in [0, 0.1) is 0 Å². The molecule has 2 aliphatic heterocycles. The van der Waals surface area contributed by atoms with Gasteiger partial charge in [0.25, 0.3) is 0 Å². The van der Waals surface area contributed by atoms with Crippen LogP contribution in [0.15, 0.2) is 24.1 Å². The minimum absolute atomic E-state index is 1.28. The Morgan fingerprint density at radius 3 is 1.25 bits per heavy atom. The van der Waals surface area contributed by atoms with Gasteiger partial charge >= 0.3 is 0 Å². The van der Waals surface area contributed by atoms with Crippen molar-refractivity contribution in [2.45, 2.75) is 104 Å². The van der Waals surface area contributed by atoms with Crippen LogP contribution in [-0.4, -0.2) is 0 Å². The van der Waals surface area contributed by atoms with E-state index in [0.717, 1.165) is 0 Å². The van der Waals surface area contributed by atoms with Crippen molar-refractivity contribution in [3.63, 3.8) is 0 Å². The van der Waals surface area contributed by atoms with Crippen LogP contribution in [0.2, 0.25) is 0 Å². The third kappa shape index (κ3) is 9.70. The third-order valence-corrected chi connectivity index (χ3v) is 13.8. The molecule has 0 saturated heterocycles. The Bertz CT molecular complexity index is 531. The molecule has 2 rings (SSSR count). The van der Waals surface area contributed by atoms with E-state index in [0.29, 0.717) is 0 Å². The largest absolute Gasteiger partial charge is 0.0837 e. The summed E-state index contributed by atoms with van der Waals surface area (Å²) in [6.45, 7) is 4.59. The lowest BCUT2D eigenvalue weighted by molar-refractivity contribution is 0.610. The Kier molecular flexibility index (Phi) is 14.9. The summed E-state index contributed by atoms with van der Waals surface area (Å²) in [5, 5.41) is 0. The highest BCUT2D eigenvalue weighted by Crippen LogP contribution is 2.63. The van der Waals surface area contributed by atoms with Crippen molar-refractivity contribution in [3.05, 3.63) is 24.1 Å². The van der Waals surface area contributed by atoms with E-state index in [4.69, 9.17) is 0 Å². The van der Waals surface area contributed by atoms with Gasteiger partial charge in [-0.15, -0.1) is 0 Å². The summed E-state index contributed by atoms with van der Waals surface area (Å²) >= 11 is 13.3. The van der Waals surface area contributed by atoms with E-state index >= 15 is 0 Å². The molecule has 28 heavy (non-hydrogen) atoms. The van der Waals surface area contributed by atoms with Crippen LogP contribution in [0.4, 0.5) is 0 Å². The standard InChI is InChI=1S/C22H34I2S4/c1-3-5-7-9-11-13-15-17-19(23)27-21(25-17)22-26-18(20(24)28-22)16-14-12-10-8-6-4-2/h3-16H2,1-2H3. The Morgan fingerprint density at radius 1 is 0.500 bits per heavy atom. The van der Waals surface area contributed by atoms with Crippen LogP contribution in [-0.2, 0) is 0 Å². The van der Waals surface area contributed by atoms with E-state index in [1.165, 1.54) is 95.7 Å².